The normalized spacial score (nSPS) is 18.1. The molecular formula is C22H23NO5S. The predicted molar refractivity (Wildman–Crippen MR) is 111 cm³/mol. The minimum absolute atomic E-state index is 0.0197. The van der Waals surface area contributed by atoms with Crippen LogP contribution < -0.4 is 4.74 Å². The quantitative estimate of drug-likeness (QED) is 0.639. The second-order valence-corrected chi connectivity index (χ2v) is 9.62. The second-order valence-electron chi connectivity index (χ2n) is 7.39. The van der Waals surface area contributed by atoms with Gasteiger partial charge < -0.3 is 14.1 Å². The van der Waals surface area contributed by atoms with E-state index in [1.54, 1.807) is 12.0 Å². The average molecular weight is 413 g/mol. The number of rotatable bonds is 5. The number of ether oxygens (including phenoxy) is 1. The zero-order valence-corrected chi connectivity index (χ0v) is 17.2. The third-order valence-corrected chi connectivity index (χ3v) is 7.21. The first-order valence-corrected chi connectivity index (χ1v) is 11.3. The molecule has 0 radical (unpaired) electrons. The Kier molecular flexibility index (Phi) is 5.08. The number of hydrogen-bond donors (Lipinski definition) is 0. The maximum absolute atomic E-state index is 13.5. The number of amides is 1. The summed E-state index contributed by atoms with van der Waals surface area (Å²) >= 11 is 0. The molecule has 1 saturated heterocycles. The third kappa shape index (κ3) is 3.87. The van der Waals surface area contributed by atoms with Crippen molar-refractivity contribution in [2.45, 2.75) is 25.9 Å². The number of carbonyl (C=O) groups excluding carboxylic acids is 1. The Balaban J connectivity index is 1.70. The molecule has 0 unspecified atom stereocenters. The van der Waals surface area contributed by atoms with Crippen molar-refractivity contribution in [2.75, 3.05) is 18.6 Å². The van der Waals surface area contributed by atoms with E-state index in [2.05, 4.69) is 0 Å². The van der Waals surface area contributed by atoms with Crippen molar-refractivity contribution in [3.8, 4) is 5.75 Å². The fourth-order valence-corrected chi connectivity index (χ4v) is 5.56. The summed E-state index contributed by atoms with van der Waals surface area (Å²) in [5.74, 6) is 0.793. The Bertz CT molecular complexity index is 1150. The van der Waals surface area contributed by atoms with Crippen molar-refractivity contribution < 1.29 is 22.4 Å². The molecule has 0 N–H and O–H groups in total. The summed E-state index contributed by atoms with van der Waals surface area (Å²) in [7, 11) is -1.54. The van der Waals surface area contributed by atoms with Gasteiger partial charge in [-0.1, -0.05) is 30.3 Å². The first-order chi connectivity index (χ1) is 13.9. The van der Waals surface area contributed by atoms with Crippen LogP contribution in [0.15, 0.2) is 52.9 Å². The Hall–Kier alpha value is -2.80. The van der Waals surface area contributed by atoms with E-state index in [-0.39, 0.29) is 29.2 Å². The lowest BCUT2D eigenvalue weighted by Crippen LogP contribution is -2.40. The van der Waals surface area contributed by atoms with Crippen molar-refractivity contribution in [2.24, 2.45) is 0 Å². The van der Waals surface area contributed by atoms with Crippen LogP contribution in [0.4, 0.5) is 0 Å². The smallest absolute Gasteiger partial charge is 0.290 e. The number of aryl methyl sites for hydroxylation is 1. The number of benzene rings is 2. The van der Waals surface area contributed by atoms with Gasteiger partial charge in [-0.15, -0.1) is 0 Å². The van der Waals surface area contributed by atoms with Crippen LogP contribution in [-0.4, -0.2) is 43.9 Å². The lowest BCUT2D eigenvalue weighted by Gasteiger charge is -2.28. The summed E-state index contributed by atoms with van der Waals surface area (Å²) < 4.78 is 35.2. The minimum atomic E-state index is -3.14. The van der Waals surface area contributed by atoms with Gasteiger partial charge in [0.05, 0.1) is 18.6 Å². The minimum Gasteiger partial charge on any atom is -0.497 e. The van der Waals surface area contributed by atoms with Crippen molar-refractivity contribution in [3.05, 3.63) is 65.4 Å². The Morgan fingerprint density at radius 1 is 1.17 bits per heavy atom. The summed E-state index contributed by atoms with van der Waals surface area (Å²) in [4.78, 5) is 15.1. The number of nitrogens with zero attached hydrogens (tertiary/aromatic N) is 1. The monoisotopic (exact) mass is 413 g/mol. The standard InChI is InChI=1S/C22H23NO5S/c1-15-19-5-3-4-6-20(19)28-21(15)22(24)23(17-11-12-29(25,26)14-17)13-16-7-9-18(27-2)10-8-16/h3-10,17H,11-14H2,1-2H3/t17-/m1/s1. The molecule has 7 heteroatoms. The number of fused-ring (bicyclic) bond motifs is 1. The summed E-state index contributed by atoms with van der Waals surface area (Å²) in [6, 6.07) is 14.6. The third-order valence-electron chi connectivity index (χ3n) is 5.46. The van der Waals surface area contributed by atoms with Crippen LogP contribution in [0.3, 0.4) is 0 Å². The molecule has 1 aromatic heterocycles. The van der Waals surface area contributed by atoms with Crippen LogP contribution in [0, 0.1) is 6.92 Å². The molecule has 0 saturated carbocycles. The zero-order valence-electron chi connectivity index (χ0n) is 16.4. The molecule has 152 valence electrons. The molecule has 0 aliphatic carbocycles. The van der Waals surface area contributed by atoms with Gasteiger partial charge in [0, 0.05) is 23.5 Å². The number of furan rings is 1. The Morgan fingerprint density at radius 3 is 2.52 bits per heavy atom. The molecule has 4 rings (SSSR count). The summed E-state index contributed by atoms with van der Waals surface area (Å²) in [6.45, 7) is 2.16. The highest BCUT2D eigenvalue weighted by molar-refractivity contribution is 7.91. The van der Waals surface area contributed by atoms with E-state index >= 15 is 0 Å². The van der Waals surface area contributed by atoms with E-state index < -0.39 is 9.84 Å². The lowest BCUT2D eigenvalue weighted by molar-refractivity contribution is 0.0649. The van der Waals surface area contributed by atoms with Crippen LogP contribution in [0.1, 0.15) is 28.1 Å². The van der Waals surface area contributed by atoms with Crippen LogP contribution in [0.2, 0.25) is 0 Å². The number of methoxy groups -OCH3 is 1. The van der Waals surface area contributed by atoms with E-state index in [4.69, 9.17) is 9.15 Å². The highest BCUT2D eigenvalue weighted by Gasteiger charge is 2.36. The molecule has 2 heterocycles. The molecule has 0 bridgehead atoms. The van der Waals surface area contributed by atoms with Gasteiger partial charge in [0.25, 0.3) is 5.91 Å². The van der Waals surface area contributed by atoms with Gasteiger partial charge in [-0.05, 0) is 37.1 Å². The van der Waals surface area contributed by atoms with Crippen LogP contribution in [0.25, 0.3) is 11.0 Å². The fourth-order valence-electron chi connectivity index (χ4n) is 3.82. The van der Waals surface area contributed by atoms with Crippen molar-refractivity contribution in [1.82, 2.24) is 4.90 Å². The number of para-hydroxylation sites is 1. The molecule has 6 nitrogen and oxygen atoms in total. The van der Waals surface area contributed by atoms with Gasteiger partial charge in [0.15, 0.2) is 15.6 Å². The lowest BCUT2D eigenvalue weighted by atomic mass is 10.1. The van der Waals surface area contributed by atoms with Gasteiger partial charge in [0.2, 0.25) is 0 Å². The SMILES string of the molecule is COc1ccc(CN(C(=O)c2oc3ccccc3c2C)[C@@H]2CCS(=O)(=O)C2)cc1. The fraction of sp³-hybridized carbons (Fsp3) is 0.318. The van der Waals surface area contributed by atoms with E-state index in [0.717, 1.165) is 22.3 Å². The largest absolute Gasteiger partial charge is 0.497 e. The van der Waals surface area contributed by atoms with Crippen molar-refractivity contribution >= 4 is 26.7 Å². The molecule has 1 aliphatic heterocycles. The van der Waals surface area contributed by atoms with Crippen molar-refractivity contribution in [1.29, 1.82) is 0 Å². The molecule has 1 amide bonds. The van der Waals surface area contributed by atoms with Gasteiger partial charge in [0.1, 0.15) is 11.3 Å². The molecule has 1 aliphatic rings. The van der Waals surface area contributed by atoms with E-state index in [1.807, 2.05) is 55.5 Å². The van der Waals surface area contributed by atoms with E-state index in [1.165, 1.54) is 0 Å². The summed E-state index contributed by atoms with van der Waals surface area (Å²) in [5.41, 5.74) is 2.32. The molecule has 2 aromatic carbocycles. The Morgan fingerprint density at radius 2 is 1.90 bits per heavy atom. The van der Waals surface area contributed by atoms with Crippen molar-refractivity contribution in [3.63, 3.8) is 0 Å². The Labute approximate surface area is 170 Å². The highest BCUT2D eigenvalue weighted by Crippen LogP contribution is 2.29. The molecule has 29 heavy (non-hydrogen) atoms. The summed E-state index contributed by atoms with van der Waals surface area (Å²) in [6.07, 6.45) is 0.434. The molecule has 1 atom stereocenters. The first-order valence-electron chi connectivity index (χ1n) is 9.50. The predicted octanol–water partition coefficient (Wildman–Crippen LogP) is 3.58. The van der Waals surface area contributed by atoms with Gasteiger partial charge in [-0.25, -0.2) is 8.42 Å². The molecular weight excluding hydrogens is 390 g/mol. The van der Waals surface area contributed by atoms with Gasteiger partial charge in [-0.3, -0.25) is 4.79 Å². The number of carbonyl (C=O) groups is 1. The maximum atomic E-state index is 13.5. The van der Waals surface area contributed by atoms with Gasteiger partial charge >= 0.3 is 0 Å². The highest BCUT2D eigenvalue weighted by atomic mass is 32.2. The second kappa shape index (κ2) is 7.55. The van der Waals surface area contributed by atoms with E-state index in [0.29, 0.717) is 18.5 Å². The topological polar surface area (TPSA) is 76.8 Å². The van der Waals surface area contributed by atoms with Gasteiger partial charge in [-0.2, -0.15) is 0 Å². The average Bonchev–Trinajstić information content (AvgIpc) is 3.25. The molecule has 3 aromatic rings. The zero-order chi connectivity index (χ0) is 20.6. The van der Waals surface area contributed by atoms with E-state index in [9.17, 15) is 13.2 Å². The molecule has 0 spiro atoms. The number of hydrogen-bond acceptors (Lipinski definition) is 5. The van der Waals surface area contributed by atoms with Crippen LogP contribution >= 0.6 is 0 Å². The molecule has 1 fully saturated rings. The maximum Gasteiger partial charge on any atom is 0.290 e. The van der Waals surface area contributed by atoms with Crippen LogP contribution in [-0.2, 0) is 16.4 Å². The number of sulfone groups is 1. The first kappa shape index (κ1) is 19.5. The summed E-state index contributed by atoms with van der Waals surface area (Å²) in [5, 5.41) is 0.888. The van der Waals surface area contributed by atoms with Crippen LogP contribution in [0.5, 0.6) is 5.75 Å².